The van der Waals surface area contributed by atoms with Crippen molar-refractivity contribution in [3.8, 4) is 6.07 Å². The largest absolute Gasteiger partial charge is 0.383 e. The van der Waals surface area contributed by atoms with Crippen LogP contribution in [0.4, 0.5) is 11.6 Å². The summed E-state index contributed by atoms with van der Waals surface area (Å²) in [5.41, 5.74) is 6.57. The van der Waals surface area contributed by atoms with Gasteiger partial charge in [0.25, 0.3) is 0 Å². The molecule has 0 fully saturated rings. The Kier molecular flexibility index (Phi) is 3.86. The molecule has 1 aromatic heterocycles. The van der Waals surface area contributed by atoms with Crippen molar-refractivity contribution in [3.05, 3.63) is 11.9 Å². The summed E-state index contributed by atoms with van der Waals surface area (Å²) in [6.07, 6.45) is 1.93. The first-order chi connectivity index (χ1) is 7.20. The molecule has 0 aliphatic heterocycles. The third kappa shape index (κ3) is 2.56. The van der Waals surface area contributed by atoms with Gasteiger partial charge in [0.1, 0.15) is 18.0 Å². The number of nitrogens with two attached hydrogens (primary N) is 1. The second-order valence-electron chi connectivity index (χ2n) is 3.20. The maximum atomic E-state index is 8.55. The van der Waals surface area contributed by atoms with Crippen molar-refractivity contribution in [1.82, 2.24) is 9.97 Å². The summed E-state index contributed by atoms with van der Waals surface area (Å²) >= 11 is 0. The Labute approximate surface area is 89.6 Å². The molecule has 1 rings (SSSR count). The van der Waals surface area contributed by atoms with E-state index in [-0.39, 0.29) is 0 Å². The molecule has 0 atom stereocenters. The Morgan fingerprint density at radius 2 is 2.27 bits per heavy atom. The molecule has 5 nitrogen and oxygen atoms in total. The lowest BCUT2D eigenvalue weighted by atomic mass is 10.2. The van der Waals surface area contributed by atoms with Gasteiger partial charge in [-0.3, -0.25) is 0 Å². The van der Waals surface area contributed by atoms with Crippen LogP contribution in [-0.4, -0.2) is 23.1 Å². The van der Waals surface area contributed by atoms with Gasteiger partial charge in [-0.25, -0.2) is 9.97 Å². The summed E-state index contributed by atoms with van der Waals surface area (Å²) in [4.78, 5) is 10.1. The number of nitrogens with zero attached hydrogens (tertiary/aromatic N) is 4. The maximum Gasteiger partial charge on any atom is 0.137 e. The molecule has 0 aliphatic carbocycles. The van der Waals surface area contributed by atoms with Gasteiger partial charge in [-0.2, -0.15) is 5.26 Å². The normalized spacial score (nSPS) is 9.67. The van der Waals surface area contributed by atoms with Crippen LogP contribution in [0.25, 0.3) is 0 Å². The van der Waals surface area contributed by atoms with Crippen molar-refractivity contribution < 1.29 is 0 Å². The van der Waals surface area contributed by atoms with E-state index in [0.717, 1.165) is 17.9 Å². The van der Waals surface area contributed by atoms with Crippen molar-refractivity contribution in [3.63, 3.8) is 0 Å². The van der Waals surface area contributed by atoms with Crippen LogP contribution in [0.5, 0.6) is 0 Å². The fourth-order valence-electron chi connectivity index (χ4n) is 1.37. The smallest absolute Gasteiger partial charge is 0.137 e. The van der Waals surface area contributed by atoms with E-state index in [0.29, 0.717) is 18.8 Å². The van der Waals surface area contributed by atoms with Crippen LogP contribution < -0.4 is 10.6 Å². The molecule has 0 aliphatic rings. The lowest BCUT2D eigenvalue weighted by Gasteiger charge is -2.22. The van der Waals surface area contributed by atoms with Gasteiger partial charge in [-0.05, 0) is 13.8 Å². The van der Waals surface area contributed by atoms with Crippen molar-refractivity contribution in [1.29, 1.82) is 5.26 Å². The van der Waals surface area contributed by atoms with Crippen molar-refractivity contribution in [2.45, 2.75) is 20.3 Å². The number of hydrogen-bond donors (Lipinski definition) is 1. The van der Waals surface area contributed by atoms with E-state index in [1.54, 1.807) is 0 Å². The monoisotopic (exact) mass is 205 g/mol. The summed E-state index contributed by atoms with van der Waals surface area (Å²) in [6.45, 7) is 5.39. The molecule has 0 saturated heterocycles. The first-order valence-electron chi connectivity index (χ1n) is 4.89. The highest BCUT2D eigenvalue weighted by molar-refractivity contribution is 5.55. The molecule has 2 N–H and O–H groups in total. The van der Waals surface area contributed by atoms with E-state index in [1.165, 1.54) is 6.33 Å². The number of anilines is 2. The molecule has 0 unspecified atom stereocenters. The molecule has 0 aromatic carbocycles. The van der Waals surface area contributed by atoms with E-state index in [2.05, 4.69) is 16.0 Å². The molecular weight excluding hydrogens is 190 g/mol. The zero-order valence-electron chi connectivity index (χ0n) is 9.06. The van der Waals surface area contributed by atoms with Crippen LogP contribution >= 0.6 is 0 Å². The zero-order valence-corrected chi connectivity index (χ0v) is 9.06. The minimum Gasteiger partial charge on any atom is -0.383 e. The molecule has 1 heterocycles. The molecular formula is C10H15N5. The van der Waals surface area contributed by atoms with Crippen molar-refractivity contribution in [2.75, 3.05) is 23.7 Å². The van der Waals surface area contributed by atoms with E-state index in [4.69, 9.17) is 11.0 Å². The standard InChI is InChI=1S/C10H15N5/c1-3-15(6-4-5-11)10-8(2)9(12)13-7-14-10/h7H,3-4,6H2,1-2H3,(H2,12,13,14). The molecule has 0 amide bonds. The molecule has 0 saturated carbocycles. The van der Waals surface area contributed by atoms with E-state index in [1.807, 2.05) is 18.7 Å². The first-order valence-corrected chi connectivity index (χ1v) is 4.89. The number of nitrogen functional groups attached to an aromatic ring is 1. The van der Waals surface area contributed by atoms with Crippen LogP contribution in [0.15, 0.2) is 6.33 Å². The fourth-order valence-corrected chi connectivity index (χ4v) is 1.37. The third-order valence-corrected chi connectivity index (χ3v) is 2.27. The molecule has 1 aromatic rings. The van der Waals surface area contributed by atoms with Gasteiger partial charge in [-0.1, -0.05) is 0 Å². The Balaban J connectivity index is 2.92. The Morgan fingerprint density at radius 1 is 1.53 bits per heavy atom. The van der Waals surface area contributed by atoms with Crippen molar-refractivity contribution >= 4 is 11.6 Å². The number of nitriles is 1. The summed E-state index contributed by atoms with van der Waals surface area (Å²) in [6, 6.07) is 2.12. The lowest BCUT2D eigenvalue weighted by molar-refractivity contribution is 0.803. The summed E-state index contributed by atoms with van der Waals surface area (Å²) < 4.78 is 0. The van der Waals surface area contributed by atoms with E-state index < -0.39 is 0 Å². The van der Waals surface area contributed by atoms with E-state index >= 15 is 0 Å². The summed E-state index contributed by atoms with van der Waals surface area (Å²) in [5, 5.41) is 8.55. The number of aromatic nitrogens is 2. The van der Waals surface area contributed by atoms with E-state index in [9.17, 15) is 0 Å². The Morgan fingerprint density at radius 3 is 2.87 bits per heavy atom. The predicted molar refractivity (Wildman–Crippen MR) is 59.3 cm³/mol. The number of hydrogen-bond acceptors (Lipinski definition) is 5. The summed E-state index contributed by atoms with van der Waals surface area (Å²) in [5.74, 6) is 1.32. The molecule has 0 bridgehead atoms. The zero-order chi connectivity index (χ0) is 11.3. The average Bonchev–Trinajstić information content (AvgIpc) is 2.25. The maximum absolute atomic E-state index is 8.55. The Bertz CT molecular complexity index is 369. The van der Waals surface area contributed by atoms with Gasteiger partial charge in [0.2, 0.25) is 0 Å². The highest BCUT2D eigenvalue weighted by Crippen LogP contribution is 2.19. The molecule has 0 spiro atoms. The van der Waals surface area contributed by atoms with Crippen molar-refractivity contribution in [2.24, 2.45) is 0 Å². The Hall–Kier alpha value is -1.83. The van der Waals surface area contributed by atoms with Gasteiger partial charge >= 0.3 is 0 Å². The second kappa shape index (κ2) is 5.15. The minimum atomic E-state index is 0.483. The van der Waals surface area contributed by atoms with Gasteiger partial charge in [0.15, 0.2) is 0 Å². The third-order valence-electron chi connectivity index (χ3n) is 2.27. The second-order valence-corrected chi connectivity index (χ2v) is 3.20. The average molecular weight is 205 g/mol. The van der Waals surface area contributed by atoms with Gasteiger partial charge in [0.05, 0.1) is 12.5 Å². The first kappa shape index (κ1) is 11.2. The van der Waals surface area contributed by atoms with Crippen LogP contribution in [0, 0.1) is 18.3 Å². The van der Waals surface area contributed by atoms with Gasteiger partial charge in [0, 0.05) is 18.7 Å². The quantitative estimate of drug-likeness (QED) is 0.796. The minimum absolute atomic E-state index is 0.483. The van der Waals surface area contributed by atoms with Gasteiger partial charge in [-0.15, -0.1) is 0 Å². The predicted octanol–water partition coefficient (Wildman–Crippen LogP) is 1.11. The SMILES string of the molecule is CCN(CCC#N)c1ncnc(N)c1C. The molecule has 80 valence electrons. The topological polar surface area (TPSA) is 78.8 Å². The highest BCUT2D eigenvalue weighted by atomic mass is 15.2. The summed E-state index contributed by atoms with van der Waals surface area (Å²) in [7, 11) is 0. The molecule has 15 heavy (non-hydrogen) atoms. The van der Waals surface area contributed by atoms with Crippen LogP contribution in [-0.2, 0) is 0 Å². The van der Waals surface area contributed by atoms with Crippen LogP contribution in [0.3, 0.4) is 0 Å². The van der Waals surface area contributed by atoms with Crippen LogP contribution in [0.2, 0.25) is 0 Å². The van der Waals surface area contributed by atoms with Crippen LogP contribution in [0.1, 0.15) is 18.9 Å². The fraction of sp³-hybridized carbons (Fsp3) is 0.500. The lowest BCUT2D eigenvalue weighted by Crippen LogP contribution is -2.26. The highest BCUT2D eigenvalue weighted by Gasteiger charge is 2.10. The molecule has 5 heteroatoms. The molecule has 0 radical (unpaired) electrons. The van der Waals surface area contributed by atoms with Gasteiger partial charge < -0.3 is 10.6 Å². The number of rotatable bonds is 4.